The predicted octanol–water partition coefficient (Wildman–Crippen LogP) is 2.67. The van der Waals surface area contributed by atoms with Crippen LogP contribution in [-0.2, 0) is 4.79 Å². The molecule has 0 aliphatic heterocycles. The van der Waals surface area contributed by atoms with Gasteiger partial charge in [-0.25, -0.2) is 9.67 Å². The average Bonchev–Trinajstić information content (AvgIpc) is 2.97. The van der Waals surface area contributed by atoms with E-state index in [2.05, 4.69) is 10.1 Å². The molecule has 0 spiro atoms. The predicted molar refractivity (Wildman–Crippen MR) is 80.6 cm³/mol. The normalized spacial score (nSPS) is 12.7. The molecule has 0 saturated heterocycles. The zero-order chi connectivity index (χ0) is 16.3. The van der Waals surface area contributed by atoms with Gasteiger partial charge in [0.1, 0.15) is 18.4 Å². The molecule has 22 heavy (non-hydrogen) atoms. The minimum atomic E-state index is -0.898. The number of rotatable bonds is 5. The van der Waals surface area contributed by atoms with Crippen molar-refractivity contribution in [2.45, 2.75) is 33.9 Å². The zero-order valence-corrected chi connectivity index (χ0v) is 13.1. The van der Waals surface area contributed by atoms with Crippen LogP contribution in [0.1, 0.15) is 44.3 Å². The first-order valence-corrected chi connectivity index (χ1v) is 6.95. The van der Waals surface area contributed by atoms with E-state index in [-0.39, 0.29) is 11.6 Å². The van der Waals surface area contributed by atoms with Crippen molar-refractivity contribution in [3.63, 3.8) is 0 Å². The largest absolute Gasteiger partial charge is 0.461 e. The second kappa shape index (κ2) is 6.09. The van der Waals surface area contributed by atoms with E-state index >= 15 is 0 Å². The van der Waals surface area contributed by atoms with Gasteiger partial charge in [0.05, 0.1) is 0 Å². The molecular weight excluding hydrogens is 282 g/mol. The van der Waals surface area contributed by atoms with Crippen molar-refractivity contribution in [2.75, 3.05) is 0 Å². The number of nitrogens with zero attached hydrogens (tertiary/aromatic N) is 3. The maximum atomic E-state index is 12.6. The molecule has 0 amide bonds. The summed E-state index contributed by atoms with van der Waals surface area (Å²) >= 11 is 0. The van der Waals surface area contributed by atoms with E-state index in [9.17, 15) is 9.59 Å². The van der Waals surface area contributed by atoms with Crippen LogP contribution in [0.5, 0.6) is 5.75 Å². The van der Waals surface area contributed by atoms with Crippen LogP contribution in [-0.4, -0.2) is 26.3 Å². The molecule has 0 aliphatic carbocycles. The smallest absolute Gasteiger partial charge is 0.252 e. The first-order chi connectivity index (χ1) is 10.3. The summed E-state index contributed by atoms with van der Waals surface area (Å²) in [6.45, 7) is 6.96. The van der Waals surface area contributed by atoms with E-state index in [1.165, 1.54) is 24.3 Å². The average molecular weight is 301 g/mol. The molecule has 2 aromatic rings. The first-order valence-electron chi connectivity index (χ1n) is 6.95. The summed E-state index contributed by atoms with van der Waals surface area (Å²) in [5.74, 6) is 0.349. The lowest BCUT2D eigenvalue weighted by Crippen LogP contribution is -2.34. The van der Waals surface area contributed by atoms with Crippen LogP contribution in [0.4, 0.5) is 0 Å². The second-order valence-electron chi connectivity index (χ2n) is 6.04. The summed E-state index contributed by atoms with van der Waals surface area (Å²) in [6.07, 6.45) is 1.90. The van der Waals surface area contributed by atoms with Gasteiger partial charge in [-0.05, 0) is 31.2 Å². The van der Waals surface area contributed by atoms with Crippen molar-refractivity contribution >= 4 is 11.6 Å². The lowest BCUT2D eigenvalue weighted by atomic mass is 9.90. The third-order valence-electron chi connectivity index (χ3n) is 3.15. The lowest BCUT2D eigenvalue weighted by molar-refractivity contribution is -0.138. The number of ether oxygens (including phenoxy) is 1. The van der Waals surface area contributed by atoms with Crippen LogP contribution >= 0.6 is 0 Å². The molecule has 6 heteroatoms. The Morgan fingerprint density at radius 3 is 2.27 bits per heavy atom. The number of benzene rings is 1. The summed E-state index contributed by atoms with van der Waals surface area (Å²) < 4.78 is 7.16. The Kier molecular flexibility index (Phi) is 4.40. The fourth-order valence-corrected chi connectivity index (χ4v) is 1.83. The Balaban J connectivity index is 2.27. The fraction of sp³-hybridized carbons (Fsp3) is 0.375. The standard InChI is InChI=1S/C16H19N3O3/c1-11(20)12-5-7-13(8-6-12)22-15(14(21)16(2,3)4)19-10-17-9-18-19/h5-10,15H,1-4H3. The fourth-order valence-electron chi connectivity index (χ4n) is 1.83. The molecule has 0 aliphatic rings. The maximum absolute atomic E-state index is 12.6. The van der Waals surface area contributed by atoms with Crippen molar-refractivity contribution in [2.24, 2.45) is 5.41 Å². The van der Waals surface area contributed by atoms with Crippen molar-refractivity contribution in [1.82, 2.24) is 14.8 Å². The van der Waals surface area contributed by atoms with E-state index in [0.717, 1.165) is 0 Å². The summed E-state index contributed by atoms with van der Waals surface area (Å²) in [7, 11) is 0. The van der Waals surface area contributed by atoms with Gasteiger partial charge in [0.2, 0.25) is 5.78 Å². The molecule has 1 atom stereocenters. The summed E-state index contributed by atoms with van der Waals surface area (Å²) in [6, 6.07) is 6.66. The lowest BCUT2D eigenvalue weighted by Gasteiger charge is -2.25. The Labute approximate surface area is 129 Å². The van der Waals surface area contributed by atoms with Gasteiger partial charge in [0.25, 0.3) is 6.23 Å². The Bertz CT molecular complexity index is 655. The molecule has 0 bridgehead atoms. The van der Waals surface area contributed by atoms with Crippen molar-refractivity contribution in [1.29, 1.82) is 0 Å². The number of aromatic nitrogens is 3. The Morgan fingerprint density at radius 1 is 1.18 bits per heavy atom. The summed E-state index contributed by atoms with van der Waals surface area (Å²) in [5, 5.41) is 4.00. The van der Waals surface area contributed by atoms with Gasteiger partial charge in [-0.15, -0.1) is 0 Å². The highest BCUT2D eigenvalue weighted by Gasteiger charge is 2.33. The van der Waals surface area contributed by atoms with Gasteiger partial charge in [0.15, 0.2) is 5.78 Å². The van der Waals surface area contributed by atoms with Gasteiger partial charge in [-0.3, -0.25) is 9.59 Å². The molecule has 2 rings (SSSR count). The number of carbonyl (C=O) groups excluding carboxylic acids is 2. The minimum absolute atomic E-state index is 0.0230. The molecule has 0 radical (unpaired) electrons. The third-order valence-corrected chi connectivity index (χ3v) is 3.15. The van der Waals surface area contributed by atoms with Crippen LogP contribution in [0.3, 0.4) is 0 Å². The molecule has 1 aromatic carbocycles. The van der Waals surface area contributed by atoms with Gasteiger partial charge in [0, 0.05) is 11.0 Å². The molecule has 1 aromatic heterocycles. The Hall–Kier alpha value is -2.50. The SMILES string of the molecule is CC(=O)c1ccc(OC(C(=O)C(C)(C)C)n2cncn2)cc1. The number of Topliss-reactive ketones (excluding diaryl/α,β-unsaturated/α-hetero) is 2. The van der Waals surface area contributed by atoms with E-state index in [4.69, 9.17) is 4.74 Å². The van der Waals surface area contributed by atoms with Crippen LogP contribution < -0.4 is 4.74 Å². The molecule has 0 fully saturated rings. The molecule has 1 heterocycles. The van der Waals surface area contributed by atoms with E-state index in [1.54, 1.807) is 24.3 Å². The van der Waals surface area contributed by atoms with Gasteiger partial charge >= 0.3 is 0 Å². The number of carbonyl (C=O) groups is 2. The summed E-state index contributed by atoms with van der Waals surface area (Å²) in [4.78, 5) is 27.7. The number of hydrogen-bond acceptors (Lipinski definition) is 5. The highest BCUT2D eigenvalue weighted by molar-refractivity contribution is 5.94. The van der Waals surface area contributed by atoms with E-state index < -0.39 is 11.6 Å². The summed E-state index contributed by atoms with van der Waals surface area (Å²) in [5.41, 5.74) is 0.00227. The Morgan fingerprint density at radius 2 is 1.82 bits per heavy atom. The topological polar surface area (TPSA) is 74.1 Å². The number of ketones is 2. The second-order valence-corrected chi connectivity index (χ2v) is 6.04. The first kappa shape index (κ1) is 15.9. The molecule has 0 saturated carbocycles. The van der Waals surface area contributed by atoms with E-state index in [1.807, 2.05) is 20.8 Å². The highest BCUT2D eigenvalue weighted by Crippen LogP contribution is 2.26. The monoisotopic (exact) mass is 301 g/mol. The van der Waals surface area contributed by atoms with Gasteiger partial charge in [-0.2, -0.15) is 5.10 Å². The third kappa shape index (κ3) is 3.58. The molecule has 6 nitrogen and oxygen atoms in total. The van der Waals surface area contributed by atoms with Crippen molar-refractivity contribution in [3.05, 3.63) is 42.5 Å². The van der Waals surface area contributed by atoms with E-state index in [0.29, 0.717) is 11.3 Å². The maximum Gasteiger partial charge on any atom is 0.252 e. The minimum Gasteiger partial charge on any atom is -0.461 e. The zero-order valence-electron chi connectivity index (χ0n) is 13.1. The van der Waals surface area contributed by atoms with Crippen LogP contribution in [0.25, 0.3) is 0 Å². The van der Waals surface area contributed by atoms with Crippen molar-refractivity contribution < 1.29 is 14.3 Å². The van der Waals surface area contributed by atoms with Crippen LogP contribution in [0.2, 0.25) is 0 Å². The van der Waals surface area contributed by atoms with Crippen molar-refractivity contribution in [3.8, 4) is 5.75 Å². The van der Waals surface area contributed by atoms with Crippen LogP contribution in [0.15, 0.2) is 36.9 Å². The molecule has 0 N–H and O–H groups in total. The van der Waals surface area contributed by atoms with Gasteiger partial charge in [-0.1, -0.05) is 20.8 Å². The quantitative estimate of drug-likeness (QED) is 0.794. The highest BCUT2D eigenvalue weighted by atomic mass is 16.5. The molecular formula is C16H19N3O3. The van der Waals surface area contributed by atoms with Crippen LogP contribution in [0, 0.1) is 5.41 Å². The molecule has 1 unspecified atom stereocenters. The number of hydrogen-bond donors (Lipinski definition) is 0. The van der Waals surface area contributed by atoms with Gasteiger partial charge < -0.3 is 4.74 Å². The molecule has 116 valence electrons.